The number of anilines is 1. The van der Waals surface area contributed by atoms with Gasteiger partial charge in [0, 0.05) is 6.54 Å². The van der Waals surface area contributed by atoms with Crippen LogP contribution in [0.2, 0.25) is 0 Å². The van der Waals surface area contributed by atoms with Gasteiger partial charge in [-0.3, -0.25) is 19.5 Å². The summed E-state index contributed by atoms with van der Waals surface area (Å²) in [5, 5.41) is 22.5. The largest absolute Gasteiger partial charge is 0.496 e. The van der Waals surface area contributed by atoms with Crippen molar-refractivity contribution in [3.63, 3.8) is 0 Å². The maximum Gasteiger partial charge on any atom is 0.296 e. The minimum absolute atomic E-state index is 0.0134. The van der Waals surface area contributed by atoms with Crippen molar-refractivity contribution in [2.24, 2.45) is 0 Å². The van der Waals surface area contributed by atoms with Gasteiger partial charge in [-0.15, -0.1) is 10.2 Å². The zero-order valence-electron chi connectivity index (χ0n) is 15.1. The second-order valence-electron chi connectivity index (χ2n) is 5.50. The molecule has 0 unspecified atom stereocenters. The third-order valence-corrected chi connectivity index (χ3v) is 4.75. The highest BCUT2D eigenvalue weighted by Crippen LogP contribution is 2.29. The number of carbonyl (C=O) groups is 1. The van der Waals surface area contributed by atoms with Crippen LogP contribution in [0, 0.1) is 10.1 Å². The van der Waals surface area contributed by atoms with E-state index in [0.717, 1.165) is 0 Å². The fourth-order valence-electron chi connectivity index (χ4n) is 2.48. The molecule has 0 spiro atoms. The summed E-state index contributed by atoms with van der Waals surface area (Å²) in [6.07, 6.45) is 1.55. The summed E-state index contributed by atoms with van der Waals surface area (Å²) < 4.78 is 12.2. The van der Waals surface area contributed by atoms with Gasteiger partial charge in [-0.1, -0.05) is 11.8 Å². The smallest absolute Gasteiger partial charge is 0.296 e. The summed E-state index contributed by atoms with van der Waals surface area (Å²) in [5.74, 6) is 1.10. The Labute approximate surface area is 164 Å². The fraction of sp³-hybridized carbons (Fsp3) is 0.235. The zero-order chi connectivity index (χ0) is 20.1. The van der Waals surface area contributed by atoms with E-state index in [4.69, 9.17) is 9.15 Å². The Morgan fingerprint density at radius 2 is 2.21 bits per heavy atom. The highest BCUT2D eigenvalue weighted by Gasteiger charge is 2.19. The number of aromatic nitrogens is 3. The van der Waals surface area contributed by atoms with Crippen LogP contribution in [-0.2, 0) is 11.3 Å². The average molecular weight is 403 g/mol. The molecule has 28 heavy (non-hydrogen) atoms. The van der Waals surface area contributed by atoms with Crippen LogP contribution < -0.4 is 10.1 Å². The second-order valence-corrected chi connectivity index (χ2v) is 6.45. The molecule has 0 radical (unpaired) electrons. The number of hydrogen-bond acceptors (Lipinski definition) is 8. The van der Waals surface area contributed by atoms with E-state index in [9.17, 15) is 14.9 Å². The monoisotopic (exact) mass is 403 g/mol. The van der Waals surface area contributed by atoms with Gasteiger partial charge in [0.2, 0.25) is 5.91 Å². The number of furan rings is 1. The molecule has 10 nitrogen and oxygen atoms in total. The number of amides is 1. The van der Waals surface area contributed by atoms with Crippen molar-refractivity contribution < 1.29 is 18.9 Å². The van der Waals surface area contributed by atoms with E-state index < -0.39 is 10.8 Å². The Balaban J connectivity index is 1.69. The van der Waals surface area contributed by atoms with Crippen LogP contribution in [0.4, 0.5) is 11.4 Å². The molecule has 1 amide bonds. The van der Waals surface area contributed by atoms with Crippen LogP contribution >= 0.6 is 11.8 Å². The third kappa shape index (κ3) is 4.14. The Kier molecular flexibility index (Phi) is 5.94. The van der Waals surface area contributed by atoms with Gasteiger partial charge >= 0.3 is 0 Å². The van der Waals surface area contributed by atoms with Gasteiger partial charge in [-0.2, -0.15) is 0 Å². The maximum atomic E-state index is 12.3. The van der Waals surface area contributed by atoms with Crippen LogP contribution in [0.15, 0.2) is 46.2 Å². The van der Waals surface area contributed by atoms with E-state index in [-0.39, 0.29) is 17.1 Å². The molecule has 0 aliphatic rings. The first-order chi connectivity index (χ1) is 13.5. The van der Waals surface area contributed by atoms with Crippen molar-refractivity contribution in [1.82, 2.24) is 14.8 Å². The number of benzene rings is 1. The summed E-state index contributed by atoms with van der Waals surface area (Å²) in [6, 6.07) is 7.76. The lowest BCUT2D eigenvalue weighted by Gasteiger charge is -2.08. The van der Waals surface area contributed by atoms with E-state index >= 15 is 0 Å². The molecular weight excluding hydrogens is 386 g/mol. The topological polar surface area (TPSA) is 125 Å². The molecule has 0 saturated heterocycles. The molecule has 0 bridgehead atoms. The number of nitrogens with zero attached hydrogens (tertiary/aromatic N) is 4. The minimum Gasteiger partial charge on any atom is -0.496 e. The number of methoxy groups -OCH3 is 1. The standard InChI is InChI=1S/C17H17N5O5S/c1-3-21-16(14-5-4-8-27-14)19-20-17(21)28-10-15(23)18-12-7-6-11(26-2)9-13(12)22(24)25/h4-9H,3,10H2,1-2H3,(H,18,23). The Bertz CT molecular complexity index is 986. The molecule has 0 saturated carbocycles. The van der Waals surface area contributed by atoms with Gasteiger partial charge in [0.05, 0.1) is 30.1 Å². The molecule has 3 aromatic rings. The lowest BCUT2D eigenvalue weighted by Crippen LogP contribution is -2.15. The number of ether oxygens (including phenoxy) is 1. The van der Waals surface area contributed by atoms with Crippen molar-refractivity contribution in [1.29, 1.82) is 0 Å². The molecular formula is C17H17N5O5S. The molecule has 11 heteroatoms. The molecule has 1 aromatic carbocycles. The van der Waals surface area contributed by atoms with Crippen molar-refractivity contribution in [2.75, 3.05) is 18.2 Å². The third-order valence-electron chi connectivity index (χ3n) is 3.78. The quantitative estimate of drug-likeness (QED) is 0.345. The lowest BCUT2D eigenvalue weighted by atomic mass is 10.2. The number of nitrogens with one attached hydrogen (secondary N) is 1. The van der Waals surface area contributed by atoms with Gasteiger partial charge in [0.15, 0.2) is 16.7 Å². The highest BCUT2D eigenvalue weighted by molar-refractivity contribution is 7.99. The van der Waals surface area contributed by atoms with E-state index in [1.165, 1.54) is 31.0 Å². The Hall–Kier alpha value is -3.34. The first-order valence-corrected chi connectivity index (χ1v) is 9.24. The van der Waals surface area contributed by atoms with Crippen molar-refractivity contribution >= 4 is 29.0 Å². The van der Waals surface area contributed by atoms with Crippen LogP contribution in [0.25, 0.3) is 11.6 Å². The van der Waals surface area contributed by atoms with E-state index in [2.05, 4.69) is 15.5 Å². The lowest BCUT2D eigenvalue weighted by molar-refractivity contribution is -0.384. The van der Waals surface area contributed by atoms with Crippen molar-refractivity contribution in [3.8, 4) is 17.3 Å². The first-order valence-electron chi connectivity index (χ1n) is 8.25. The number of nitro benzene ring substituents is 1. The maximum absolute atomic E-state index is 12.3. The van der Waals surface area contributed by atoms with Gasteiger partial charge in [0.1, 0.15) is 11.4 Å². The van der Waals surface area contributed by atoms with Crippen LogP contribution in [-0.4, -0.2) is 38.5 Å². The van der Waals surface area contributed by atoms with Gasteiger partial charge < -0.3 is 14.5 Å². The number of hydrogen-bond donors (Lipinski definition) is 1. The average Bonchev–Trinajstić information content (AvgIpc) is 3.35. The highest BCUT2D eigenvalue weighted by atomic mass is 32.2. The molecule has 0 aliphatic carbocycles. The number of thioether (sulfide) groups is 1. The predicted molar refractivity (Wildman–Crippen MR) is 102 cm³/mol. The van der Waals surface area contributed by atoms with Gasteiger partial charge in [-0.25, -0.2) is 0 Å². The first kappa shape index (κ1) is 19.4. The summed E-state index contributed by atoms with van der Waals surface area (Å²) in [7, 11) is 1.41. The molecule has 0 fully saturated rings. The minimum atomic E-state index is -0.575. The second kappa shape index (κ2) is 8.57. The van der Waals surface area contributed by atoms with Crippen molar-refractivity contribution in [2.45, 2.75) is 18.6 Å². The summed E-state index contributed by atoms with van der Waals surface area (Å²) in [4.78, 5) is 22.9. The molecule has 0 aliphatic heterocycles. The van der Waals surface area contributed by atoms with E-state index in [0.29, 0.717) is 29.0 Å². The van der Waals surface area contributed by atoms with E-state index in [1.54, 1.807) is 24.5 Å². The van der Waals surface area contributed by atoms with Gasteiger partial charge in [-0.05, 0) is 31.2 Å². The number of nitro groups is 1. The SMILES string of the molecule is CCn1c(SCC(=O)Nc2ccc(OC)cc2[N+](=O)[O-])nnc1-c1ccco1. The van der Waals surface area contributed by atoms with Gasteiger partial charge in [0.25, 0.3) is 5.69 Å². The summed E-state index contributed by atoms with van der Waals surface area (Å²) >= 11 is 1.18. The normalized spacial score (nSPS) is 10.6. The predicted octanol–water partition coefficient (Wildman–Crippen LogP) is 3.21. The molecule has 146 valence electrons. The molecule has 2 aromatic heterocycles. The Morgan fingerprint density at radius 1 is 1.39 bits per heavy atom. The molecule has 3 rings (SSSR count). The van der Waals surface area contributed by atoms with E-state index in [1.807, 2.05) is 11.5 Å². The molecule has 2 heterocycles. The summed E-state index contributed by atoms with van der Waals surface area (Å²) in [6.45, 7) is 2.53. The molecule has 1 N–H and O–H groups in total. The van der Waals surface area contributed by atoms with Crippen molar-refractivity contribution in [3.05, 3.63) is 46.7 Å². The number of rotatable bonds is 8. The number of carbonyl (C=O) groups excluding carboxylic acids is 1. The fourth-order valence-corrected chi connectivity index (χ4v) is 3.28. The molecule has 0 atom stereocenters. The van der Waals surface area contributed by atoms with Crippen LogP contribution in [0.1, 0.15) is 6.92 Å². The van der Waals surface area contributed by atoms with Crippen LogP contribution in [0.3, 0.4) is 0 Å². The van der Waals surface area contributed by atoms with Crippen LogP contribution in [0.5, 0.6) is 5.75 Å². The summed E-state index contributed by atoms with van der Waals surface area (Å²) in [5.41, 5.74) is -0.140. The zero-order valence-corrected chi connectivity index (χ0v) is 15.9. The Morgan fingerprint density at radius 3 is 2.86 bits per heavy atom.